The van der Waals surface area contributed by atoms with E-state index in [0.29, 0.717) is 27.1 Å². The van der Waals surface area contributed by atoms with Crippen LogP contribution in [0.25, 0.3) is 16.4 Å². The molecular formula is C23H25ClN6O4S. The molecule has 1 atom stereocenters. The first-order valence-electron chi connectivity index (χ1n) is 11.0. The number of halogens is 1. The van der Waals surface area contributed by atoms with Crippen LogP contribution in [-0.2, 0) is 16.4 Å². The summed E-state index contributed by atoms with van der Waals surface area (Å²) in [7, 11) is -3.20. The summed E-state index contributed by atoms with van der Waals surface area (Å²) in [6.07, 6.45) is 3.41. The summed E-state index contributed by atoms with van der Waals surface area (Å²) in [5.74, 6) is -0.496. The molecule has 1 amide bonds. The highest BCUT2D eigenvalue weighted by Gasteiger charge is 2.23. The largest absolute Gasteiger partial charge is 0.381 e. The zero-order valence-electron chi connectivity index (χ0n) is 19.2. The number of benzene rings is 1. The predicted octanol–water partition coefficient (Wildman–Crippen LogP) is 2.60. The van der Waals surface area contributed by atoms with Crippen LogP contribution in [0.3, 0.4) is 0 Å². The number of amides is 1. The molecule has 184 valence electrons. The van der Waals surface area contributed by atoms with Crippen LogP contribution in [0.1, 0.15) is 42.4 Å². The normalized spacial score (nSPS) is 12.8. The van der Waals surface area contributed by atoms with Crippen molar-refractivity contribution in [1.29, 1.82) is 0 Å². The van der Waals surface area contributed by atoms with E-state index in [0.717, 1.165) is 0 Å². The number of sulfone groups is 1. The van der Waals surface area contributed by atoms with Gasteiger partial charge in [-0.15, -0.1) is 5.10 Å². The average Bonchev–Trinajstić information content (AvgIpc) is 3.15. The van der Waals surface area contributed by atoms with Crippen LogP contribution >= 0.6 is 11.6 Å². The van der Waals surface area contributed by atoms with Crippen LogP contribution in [-0.4, -0.2) is 45.0 Å². The summed E-state index contributed by atoms with van der Waals surface area (Å²) >= 11 is 6.31. The summed E-state index contributed by atoms with van der Waals surface area (Å²) in [6.45, 7) is 3.47. The fourth-order valence-electron chi connectivity index (χ4n) is 4.02. The maximum absolute atomic E-state index is 13.4. The Morgan fingerprint density at radius 3 is 2.80 bits per heavy atom. The van der Waals surface area contributed by atoms with Crippen molar-refractivity contribution < 1.29 is 13.2 Å². The Balaban J connectivity index is 1.72. The lowest BCUT2D eigenvalue weighted by Crippen LogP contribution is -2.33. The molecule has 0 aliphatic rings. The molecule has 3 N–H and O–H groups in total. The predicted molar refractivity (Wildman–Crippen MR) is 135 cm³/mol. The zero-order chi connectivity index (χ0) is 25.3. The van der Waals surface area contributed by atoms with E-state index in [-0.39, 0.29) is 41.4 Å². The van der Waals surface area contributed by atoms with Crippen molar-refractivity contribution >= 4 is 49.6 Å². The summed E-state index contributed by atoms with van der Waals surface area (Å²) in [4.78, 5) is 30.8. The van der Waals surface area contributed by atoms with E-state index in [2.05, 4.69) is 15.4 Å². The number of hydrogen-bond acceptors (Lipinski definition) is 7. The Kier molecular flexibility index (Phi) is 6.82. The maximum atomic E-state index is 13.4. The highest BCUT2D eigenvalue weighted by Crippen LogP contribution is 2.24. The number of hydrogen-bond donors (Lipinski definition) is 2. The van der Waals surface area contributed by atoms with Crippen molar-refractivity contribution in [2.24, 2.45) is 0 Å². The summed E-state index contributed by atoms with van der Waals surface area (Å²) in [5, 5.41) is 8.24. The molecule has 0 fully saturated rings. The van der Waals surface area contributed by atoms with Gasteiger partial charge in [-0.2, -0.15) is 0 Å². The third-order valence-electron chi connectivity index (χ3n) is 5.84. The molecule has 0 saturated heterocycles. The molecule has 0 bridgehead atoms. The molecule has 4 aromatic rings. The van der Waals surface area contributed by atoms with Crippen LogP contribution in [0.15, 0.2) is 47.5 Å². The van der Waals surface area contributed by atoms with Crippen LogP contribution in [0, 0.1) is 0 Å². The van der Waals surface area contributed by atoms with E-state index < -0.39 is 21.8 Å². The third kappa shape index (κ3) is 4.87. The quantitative estimate of drug-likeness (QED) is 0.366. The van der Waals surface area contributed by atoms with Gasteiger partial charge >= 0.3 is 0 Å². The summed E-state index contributed by atoms with van der Waals surface area (Å²) in [5.41, 5.74) is 6.57. The second-order valence-corrected chi connectivity index (χ2v) is 11.0. The molecule has 0 unspecified atom stereocenters. The standard InChI is InChI=1S/C23H25ClN6O4S/c1-3-35(33,34)12-6-10-29-17(13-15-7-4-8-16(24)18(15)23(29)32)14(2)27-22(31)19-20(25)28-30-11-5-9-26-21(19)30/h4-5,7-9,11,13-14H,3,6,10,12H2,1-2H3,(H2,25,28)(H,27,31)/t14-/m0/s1. The Labute approximate surface area is 206 Å². The number of carbonyl (C=O) groups excluding carboxylic acids is 1. The molecule has 0 radical (unpaired) electrons. The van der Waals surface area contributed by atoms with Gasteiger partial charge in [0.2, 0.25) is 0 Å². The van der Waals surface area contributed by atoms with Crippen LogP contribution < -0.4 is 16.6 Å². The van der Waals surface area contributed by atoms with Crippen molar-refractivity contribution in [1.82, 2.24) is 24.5 Å². The van der Waals surface area contributed by atoms with E-state index in [1.165, 1.54) is 15.3 Å². The molecule has 12 heteroatoms. The minimum absolute atomic E-state index is 0.0277. The number of nitrogens with one attached hydrogen (secondary N) is 1. The van der Waals surface area contributed by atoms with Gasteiger partial charge in [-0.05, 0) is 36.9 Å². The Morgan fingerprint density at radius 1 is 1.29 bits per heavy atom. The number of rotatable bonds is 8. The van der Waals surface area contributed by atoms with Gasteiger partial charge in [0.1, 0.15) is 15.4 Å². The van der Waals surface area contributed by atoms with E-state index in [9.17, 15) is 18.0 Å². The Morgan fingerprint density at radius 2 is 2.06 bits per heavy atom. The summed E-state index contributed by atoms with van der Waals surface area (Å²) < 4.78 is 26.9. The lowest BCUT2D eigenvalue weighted by atomic mass is 10.1. The van der Waals surface area contributed by atoms with Gasteiger partial charge in [-0.3, -0.25) is 9.59 Å². The van der Waals surface area contributed by atoms with Gasteiger partial charge in [0.05, 0.1) is 22.2 Å². The molecule has 4 rings (SSSR count). The van der Waals surface area contributed by atoms with Crippen LogP contribution in [0.5, 0.6) is 0 Å². The molecule has 1 aromatic carbocycles. The van der Waals surface area contributed by atoms with Gasteiger partial charge in [-0.25, -0.2) is 17.9 Å². The van der Waals surface area contributed by atoms with Gasteiger partial charge in [-0.1, -0.05) is 30.7 Å². The molecule has 0 aliphatic heterocycles. The van der Waals surface area contributed by atoms with Crippen molar-refractivity contribution in [2.75, 3.05) is 17.2 Å². The van der Waals surface area contributed by atoms with Gasteiger partial charge < -0.3 is 15.6 Å². The number of nitrogens with two attached hydrogens (primary N) is 1. The molecule has 3 heterocycles. The number of fused-ring (bicyclic) bond motifs is 2. The fourth-order valence-corrected chi connectivity index (χ4v) is 5.14. The van der Waals surface area contributed by atoms with Crippen LogP contribution in [0.4, 0.5) is 5.82 Å². The molecule has 10 nitrogen and oxygen atoms in total. The second kappa shape index (κ2) is 9.67. The van der Waals surface area contributed by atoms with Gasteiger partial charge in [0, 0.05) is 30.4 Å². The Bertz CT molecular complexity index is 1600. The zero-order valence-corrected chi connectivity index (χ0v) is 20.8. The first-order valence-corrected chi connectivity index (χ1v) is 13.2. The van der Waals surface area contributed by atoms with E-state index >= 15 is 0 Å². The highest BCUT2D eigenvalue weighted by atomic mass is 35.5. The number of nitrogen functional groups attached to an aromatic ring is 1. The summed E-state index contributed by atoms with van der Waals surface area (Å²) in [6, 6.07) is 7.95. The van der Waals surface area contributed by atoms with Crippen molar-refractivity contribution in [3.05, 3.63) is 69.4 Å². The first kappa shape index (κ1) is 24.7. The van der Waals surface area contributed by atoms with E-state index in [1.54, 1.807) is 50.4 Å². The number of pyridine rings is 1. The number of aromatic nitrogens is 4. The minimum Gasteiger partial charge on any atom is -0.381 e. The van der Waals surface area contributed by atoms with E-state index in [1.807, 2.05) is 0 Å². The monoisotopic (exact) mass is 516 g/mol. The van der Waals surface area contributed by atoms with Crippen molar-refractivity contribution in [2.45, 2.75) is 32.9 Å². The highest BCUT2D eigenvalue weighted by molar-refractivity contribution is 7.91. The minimum atomic E-state index is -3.20. The second-order valence-electron chi connectivity index (χ2n) is 8.16. The Hall–Kier alpha value is -3.44. The lowest BCUT2D eigenvalue weighted by molar-refractivity contribution is 0.0940. The number of carbonyl (C=O) groups is 1. The van der Waals surface area contributed by atoms with Crippen molar-refractivity contribution in [3.63, 3.8) is 0 Å². The van der Waals surface area contributed by atoms with Crippen LogP contribution in [0.2, 0.25) is 5.02 Å². The molecule has 0 saturated carbocycles. The van der Waals surface area contributed by atoms with Crippen molar-refractivity contribution in [3.8, 4) is 0 Å². The smallest absolute Gasteiger partial charge is 0.260 e. The molecular weight excluding hydrogens is 492 g/mol. The molecule has 0 spiro atoms. The number of anilines is 1. The van der Waals surface area contributed by atoms with Gasteiger partial charge in [0.25, 0.3) is 11.5 Å². The average molecular weight is 517 g/mol. The number of nitrogens with zero attached hydrogens (tertiary/aromatic N) is 4. The fraction of sp³-hybridized carbons (Fsp3) is 0.304. The third-order valence-corrected chi connectivity index (χ3v) is 7.94. The van der Waals surface area contributed by atoms with E-state index in [4.69, 9.17) is 17.3 Å². The topological polar surface area (TPSA) is 141 Å². The molecule has 0 aliphatic carbocycles. The van der Waals surface area contributed by atoms with Gasteiger partial charge in [0.15, 0.2) is 11.5 Å². The molecule has 35 heavy (non-hydrogen) atoms. The SMILES string of the molecule is CCS(=O)(=O)CCCn1c([C@H](C)NC(=O)c2c(N)nn3cccnc23)cc2cccc(Cl)c2c1=O. The lowest BCUT2D eigenvalue weighted by Gasteiger charge is -2.21. The molecule has 3 aromatic heterocycles. The maximum Gasteiger partial charge on any atom is 0.260 e. The first-order chi connectivity index (χ1) is 16.6.